The van der Waals surface area contributed by atoms with E-state index in [4.69, 9.17) is 4.74 Å². The van der Waals surface area contributed by atoms with Gasteiger partial charge in [0, 0.05) is 45.3 Å². The molecule has 6 heteroatoms. The molecule has 0 bridgehead atoms. The number of ether oxygens (including phenoxy) is 1. The van der Waals surface area contributed by atoms with Gasteiger partial charge < -0.3 is 19.6 Å². The highest BCUT2D eigenvalue weighted by molar-refractivity contribution is 5.98. The summed E-state index contributed by atoms with van der Waals surface area (Å²) in [6.07, 6.45) is -0.112. The molecular formula is C31H39N3O3. The zero-order valence-electron chi connectivity index (χ0n) is 22.6. The number of carbonyl (C=O) groups is 1. The molecule has 6 nitrogen and oxygen atoms in total. The number of hydrogen-bond donors (Lipinski definition) is 1. The minimum absolute atomic E-state index is 0.0778. The van der Waals surface area contributed by atoms with Crippen molar-refractivity contribution in [1.29, 1.82) is 0 Å². The lowest BCUT2D eigenvalue weighted by Gasteiger charge is -2.38. The predicted molar refractivity (Wildman–Crippen MR) is 150 cm³/mol. The molecule has 37 heavy (non-hydrogen) atoms. The van der Waals surface area contributed by atoms with Crippen molar-refractivity contribution in [1.82, 2.24) is 9.80 Å². The number of rotatable bonds is 8. The average Bonchev–Trinajstić information content (AvgIpc) is 2.90. The van der Waals surface area contributed by atoms with Crippen LogP contribution in [0.25, 0.3) is 11.1 Å². The molecule has 1 N–H and O–H groups in total. The van der Waals surface area contributed by atoms with E-state index in [1.54, 1.807) is 4.90 Å². The van der Waals surface area contributed by atoms with Gasteiger partial charge in [-0.25, -0.2) is 0 Å². The zero-order valence-corrected chi connectivity index (χ0v) is 22.6. The highest BCUT2D eigenvalue weighted by atomic mass is 16.5. The second kappa shape index (κ2) is 11.8. The molecule has 0 saturated carbocycles. The molecule has 1 aliphatic rings. The van der Waals surface area contributed by atoms with E-state index in [0.29, 0.717) is 24.4 Å². The Hall–Kier alpha value is -3.35. The van der Waals surface area contributed by atoms with Gasteiger partial charge in [0.2, 0.25) is 0 Å². The predicted octanol–water partition coefficient (Wildman–Crippen LogP) is 4.77. The van der Waals surface area contributed by atoms with Crippen molar-refractivity contribution in [3.63, 3.8) is 0 Å². The molecule has 1 heterocycles. The Balaban J connectivity index is 1.53. The van der Waals surface area contributed by atoms with Crippen LogP contribution in [0.3, 0.4) is 0 Å². The van der Waals surface area contributed by atoms with Gasteiger partial charge in [0.1, 0.15) is 11.9 Å². The van der Waals surface area contributed by atoms with E-state index < -0.39 is 0 Å². The van der Waals surface area contributed by atoms with Crippen LogP contribution in [0.1, 0.15) is 29.8 Å². The van der Waals surface area contributed by atoms with Crippen LogP contribution < -0.4 is 9.64 Å². The molecule has 1 aliphatic heterocycles. The Morgan fingerprint density at radius 3 is 2.32 bits per heavy atom. The maximum Gasteiger partial charge on any atom is 0.258 e. The number of amides is 1. The first-order chi connectivity index (χ1) is 17.8. The highest BCUT2D eigenvalue weighted by Crippen LogP contribution is 2.31. The van der Waals surface area contributed by atoms with Gasteiger partial charge in [-0.1, -0.05) is 61.5 Å². The van der Waals surface area contributed by atoms with Crippen LogP contribution in [0.2, 0.25) is 0 Å². The Bertz CT molecular complexity index is 1180. The summed E-state index contributed by atoms with van der Waals surface area (Å²) in [5.41, 5.74) is 5.14. The Labute approximate surface area is 221 Å². The van der Waals surface area contributed by atoms with Crippen LogP contribution in [0.5, 0.6) is 5.75 Å². The maximum atomic E-state index is 13.5. The summed E-state index contributed by atoms with van der Waals surface area (Å²) in [7, 11) is 6.02. The number of aliphatic hydroxyl groups is 1. The first-order valence-corrected chi connectivity index (χ1v) is 13.0. The summed E-state index contributed by atoms with van der Waals surface area (Å²) < 4.78 is 6.53. The lowest BCUT2D eigenvalue weighted by Crippen LogP contribution is -2.49. The molecule has 1 amide bonds. The SMILES string of the molecule is C[C@H]1CN([C@@H](C)CO)C(=O)c2cc(N(C)C)ccc2O[C@@H]1CN(C)Cc1ccc(-c2ccccc2)cc1. The van der Waals surface area contributed by atoms with Crippen molar-refractivity contribution in [3.8, 4) is 16.9 Å². The van der Waals surface area contributed by atoms with Gasteiger partial charge in [0.05, 0.1) is 18.2 Å². The third-order valence-corrected chi connectivity index (χ3v) is 7.17. The molecule has 4 rings (SSSR count). The maximum absolute atomic E-state index is 13.5. The molecule has 3 aromatic carbocycles. The van der Waals surface area contributed by atoms with E-state index in [9.17, 15) is 9.90 Å². The normalized spacial score (nSPS) is 18.6. The van der Waals surface area contributed by atoms with Crippen LogP contribution in [0.4, 0.5) is 5.69 Å². The quantitative estimate of drug-likeness (QED) is 0.482. The van der Waals surface area contributed by atoms with E-state index in [-0.39, 0.29) is 30.6 Å². The van der Waals surface area contributed by atoms with Crippen molar-refractivity contribution in [2.45, 2.75) is 32.5 Å². The second-order valence-electron chi connectivity index (χ2n) is 10.5. The summed E-state index contributed by atoms with van der Waals surface area (Å²) in [5.74, 6) is 0.586. The van der Waals surface area contributed by atoms with Crippen LogP contribution in [0.15, 0.2) is 72.8 Å². The zero-order chi connectivity index (χ0) is 26.5. The minimum Gasteiger partial charge on any atom is -0.488 e. The number of nitrogens with zero attached hydrogens (tertiary/aromatic N) is 3. The molecule has 0 radical (unpaired) electrons. The molecule has 3 atom stereocenters. The molecule has 0 unspecified atom stereocenters. The summed E-state index contributed by atoms with van der Waals surface area (Å²) in [4.78, 5) is 19.6. The van der Waals surface area contributed by atoms with Gasteiger partial charge in [-0.05, 0) is 48.9 Å². The van der Waals surface area contributed by atoms with Crippen molar-refractivity contribution in [3.05, 3.63) is 83.9 Å². The number of fused-ring (bicyclic) bond motifs is 1. The van der Waals surface area contributed by atoms with Gasteiger partial charge >= 0.3 is 0 Å². The van der Waals surface area contributed by atoms with Crippen LogP contribution in [-0.4, -0.2) is 73.8 Å². The second-order valence-corrected chi connectivity index (χ2v) is 10.5. The van der Waals surface area contributed by atoms with E-state index >= 15 is 0 Å². The number of aliphatic hydroxyl groups excluding tert-OH is 1. The smallest absolute Gasteiger partial charge is 0.258 e. The van der Waals surface area contributed by atoms with Gasteiger partial charge in [0.15, 0.2) is 0 Å². The van der Waals surface area contributed by atoms with Gasteiger partial charge in [-0.3, -0.25) is 9.69 Å². The van der Waals surface area contributed by atoms with E-state index in [2.05, 4.69) is 67.4 Å². The number of hydrogen-bond acceptors (Lipinski definition) is 5. The first-order valence-electron chi connectivity index (χ1n) is 13.0. The summed E-state index contributed by atoms with van der Waals surface area (Å²) in [6.45, 7) is 5.97. The highest BCUT2D eigenvalue weighted by Gasteiger charge is 2.33. The summed E-state index contributed by atoms with van der Waals surface area (Å²) in [6, 6.07) is 24.6. The molecule has 0 aromatic heterocycles. The Kier molecular flexibility index (Phi) is 8.52. The monoisotopic (exact) mass is 501 g/mol. The number of anilines is 1. The standard InChI is InChI=1S/C31H39N3O3/c1-22-18-34(23(2)21-35)31(36)28-17-27(32(3)4)15-16-29(28)37-30(22)20-33(5)19-24-11-13-26(14-12-24)25-9-7-6-8-10-25/h6-17,22-23,30,35H,18-21H2,1-5H3/t22-,23-,30+/m0/s1. The van der Waals surface area contributed by atoms with Gasteiger partial charge in [-0.15, -0.1) is 0 Å². The van der Waals surface area contributed by atoms with Crippen LogP contribution in [-0.2, 0) is 6.54 Å². The fraction of sp³-hybridized carbons (Fsp3) is 0.387. The molecule has 0 saturated heterocycles. The lowest BCUT2D eigenvalue weighted by atomic mass is 9.99. The van der Waals surface area contributed by atoms with Crippen LogP contribution in [0, 0.1) is 5.92 Å². The van der Waals surface area contributed by atoms with E-state index in [1.807, 2.05) is 50.2 Å². The van der Waals surface area contributed by atoms with Gasteiger partial charge in [0.25, 0.3) is 5.91 Å². The van der Waals surface area contributed by atoms with Crippen molar-refractivity contribution in [2.75, 3.05) is 45.7 Å². The van der Waals surface area contributed by atoms with Crippen molar-refractivity contribution >= 4 is 11.6 Å². The van der Waals surface area contributed by atoms with E-state index in [1.165, 1.54) is 16.7 Å². The lowest BCUT2D eigenvalue weighted by molar-refractivity contribution is 0.0341. The average molecular weight is 502 g/mol. The number of carbonyl (C=O) groups excluding carboxylic acids is 1. The minimum atomic E-state index is -0.273. The topological polar surface area (TPSA) is 56.3 Å². The Morgan fingerprint density at radius 1 is 1.00 bits per heavy atom. The molecular weight excluding hydrogens is 462 g/mol. The largest absolute Gasteiger partial charge is 0.488 e. The third-order valence-electron chi connectivity index (χ3n) is 7.17. The van der Waals surface area contributed by atoms with Gasteiger partial charge in [-0.2, -0.15) is 0 Å². The summed E-state index contributed by atoms with van der Waals surface area (Å²) >= 11 is 0. The fourth-order valence-electron chi connectivity index (χ4n) is 4.82. The molecule has 0 aliphatic carbocycles. The number of likely N-dealkylation sites (N-methyl/N-ethyl adjacent to an activating group) is 1. The van der Waals surface area contributed by atoms with E-state index in [0.717, 1.165) is 12.2 Å². The third kappa shape index (κ3) is 6.32. The van der Waals surface area contributed by atoms with Crippen molar-refractivity contribution in [2.24, 2.45) is 5.92 Å². The Morgan fingerprint density at radius 2 is 1.68 bits per heavy atom. The molecule has 0 spiro atoms. The molecule has 0 fully saturated rings. The fourth-order valence-corrected chi connectivity index (χ4v) is 4.82. The molecule has 196 valence electrons. The summed E-state index contributed by atoms with van der Waals surface area (Å²) in [5, 5.41) is 9.87. The number of benzene rings is 3. The van der Waals surface area contributed by atoms with Crippen LogP contribution >= 0.6 is 0 Å². The van der Waals surface area contributed by atoms with Crippen molar-refractivity contribution < 1.29 is 14.6 Å². The molecule has 3 aromatic rings. The first kappa shape index (κ1) is 26.7.